The molecule has 0 saturated heterocycles. The molecule has 4 aromatic rings. The van der Waals surface area contributed by atoms with Crippen molar-refractivity contribution in [3.63, 3.8) is 0 Å². The number of carbonyl (C=O) groups excluding carboxylic acids is 1. The summed E-state index contributed by atoms with van der Waals surface area (Å²) in [6.07, 6.45) is 0.416. The molecule has 0 aliphatic heterocycles. The van der Waals surface area contributed by atoms with Gasteiger partial charge in [0.15, 0.2) is 0 Å². The molecular formula is C30H29NO4. The van der Waals surface area contributed by atoms with Crippen LogP contribution in [-0.4, -0.2) is 42.1 Å². The van der Waals surface area contributed by atoms with Gasteiger partial charge in [-0.3, -0.25) is 9.59 Å². The largest absolute Gasteiger partial charge is 0.481 e. The fourth-order valence-electron chi connectivity index (χ4n) is 4.33. The molecule has 0 aromatic heterocycles. The lowest BCUT2D eigenvalue weighted by atomic mass is 9.83. The average molecular weight is 468 g/mol. The normalized spacial score (nSPS) is 11.3. The minimum Gasteiger partial charge on any atom is -0.481 e. The number of carboxylic acids is 1. The van der Waals surface area contributed by atoms with Gasteiger partial charge in [-0.1, -0.05) is 103 Å². The predicted molar refractivity (Wildman–Crippen MR) is 137 cm³/mol. The first-order valence-electron chi connectivity index (χ1n) is 11.7. The Bertz CT molecular complexity index is 1250. The van der Waals surface area contributed by atoms with E-state index in [-0.39, 0.29) is 18.9 Å². The minimum atomic E-state index is -1.27. The Morgan fingerprint density at radius 3 is 1.97 bits per heavy atom. The standard InChI is InChI=1S/C30H29NO4/c1-31(19-18-23-16-17-24-10-8-9-11-25(24)20-23)28(32)22-35-30(21-29(33)34,26-12-4-2-5-13-26)27-14-6-3-7-15-27/h2-17,20H,18-19,21-22H2,1H3,(H,33,34). The zero-order valence-electron chi connectivity index (χ0n) is 19.8. The number of aliphatic carboxylic acids is 1. The molecular weight excluding hydrogens is 438 g/mol. The van der Waals surface area contributed by atoms with Crippen molar-refractivity contribution < 1.29 is 19.4 Å². The second-order valence-electron chi connectivity index (χ2n) is 8.67. The molecule has 0 aliphatic rings. The van der Waals surface area contributed by atoms with Crippen molar-refractivity contribution >= 4 is 22.6 Å². The molecule has 0 heterocycles. The monoisotopic (exact) mass is 467 g/mol. The number of hydrogen-bond donors (Lipinski definition) is 1. The first-order valence-corrected chi connectivity index (χ1v) is 11.7. The molecule has 0 atom stereocenters. The van der Waals surface area contributed by atoms with Gasteiger partial charge in [0.25, 0.3) is 0 Å². The summed E-state index contributed by atoms with van der Waals surface area (Å²) < 4.78 is 6.23. The second kappa shape index (κ2) is 11.0. The molecule has 178 valence electrons. The van der Waals surface area contributed by atoms with Crippen molar-refractivity contribution in [1.82, 2.24) is 4.90 Å². The highest BCUT2D eigenvalue weighted by atomic mass is 16.5. The van der Waals surface area contributed by atoms with Crippen LogP contribution in [0, 0.1) is 0 Å². The summed E-state index contributed by atoms with van der Waals surface area (Å²) in [5.74, 6) is -1.21. The molecule has 0 fully saturated rings. The van der Waals surface area contributed by atoms with Crippen LogP contribution in [0.4, 0.5) is 0 Å². The molecule has 4 rings (SSSR count). The van der Waals surface area contributed by atoms with Gasteiger partial charge in [0.05, 0.1) is 6.42 Å². The van der Waals surface area contributed by atoms with E-state index in [0.29, 0.717) is 24.1 Å². The first kappa shape index (κ1) is 24.2. The Hall–Kier alpha value is -3.96. The van der Waals surface area contributed by atoms with E-state index in [1.54, 1.807) is 11.9 Å². The van der Waals surface area contributed by atoms with Crippen LogP contribution >= 0.6 is 0 Å². The summed E-state index contributed by atoms with van der Waals surface area (Å²) >= 11 is 0. The fraction of sp³-hybridized carbons (Fsp3) is 0.200. The van der Waals surface area contributed by atoms with E-state index in [1.807, 2.05) is 72.8 Å². The van der Waals surface area contributed by atoms with Gasteiger partial charge in [-0.15, -0.1) is 0 Å². The number of ether oxygens (including phenoxy) is 1. The molecule has 1 amide bonds. The van der Waals surface area contributed by atoms with Crippen LogP contribution < -0.4 is 0 Å². The third kappa shape index (κ3) is 5.76. The van der Waals surface area contributed by atoms with Crippen LogP contribution in [-0.2, 0) is 26.3 Å². The van der Waals surface area contributed by atoms with Gasteiger partial charge in [-0.2, -0.15) is 0 Å². The maximum atomic E-state index is 13.0. The number of carbonyl (C=O) groups is 2. The van der Waals surface area contributed by atoms with Crippen molar-refractivity contribution in [3.8, 4) is 0 Å². The Labute approximate surface area is 205 Å². The number of benzene rings is 4. The Morgan fingerprint density at radius 2 is 1.37 bits per heavy atom. The Balaban J connectivity index is 1.49. The molecule has 0 unspecified atom stereocenters. The summed E-state index contributed by atoms with van der Waals surface area (Å²) in [6, 6.07) is 33.0. The minimum absolute atomic E-state index is 0.201. The van der Waals surface area contributed by atoms with Gasteiger partial charge >= 0.3 is 5.97 Å². The van der Waals surface area contributed by atoms with E-state index in [4.69, 9.17) is 4.74 Å². The zero-order valence-corrected chi connectivity index (χ0v) is 19.8. The van der Waals surface area contributed by atoms with Gasteiger partial charge in [0.1, 0.15) is 12.2 Å². The van der Waals surface area contributed by atoms with Gasteiger partial charge in [-0.05, 0) is 33.9 Å². The van der Waals surface area contributed by atoms with E-state index < -0.39 is 11.6 Å². The molecule has 1 N–H and O–H groups in total. The maximum absolute atomic E-state index is 13.0. The van der Waals surface area contributed by atoms with Crippen molar-refractivity contribution in [2.24, 2.45) is 0 Å². The topological polar surface area (TPSA) is 66.8 Å². The van der Waals surface area contributed by atoms with E-state index in [2.05, 4.69) is 30.3 Å². The van der Waals surface area contributed by atoms with Crippen molar-refractivity contribution in [3.05, 3.63) is 120 Å². The Kier molecular flexibility index (Phi) is 7.58. The van der Waals surface area contributed by atoms with E-state index >= 15 is 0 Å². The molecule has 4 aromatic carbocycles. The van der Waals surface area contributed by atoms with Crippen molar-refractivity contribution in [2.75, 3.05) is 20.2 Å². The molecule has 5 nitrogen and oxygen atoms in total. The fourth-order valence-corrected chi connectivity index (χ4v) is 4.33. The molecule has 0 saturated carbocycles. The van der Waals surface area contributed by atoms with E-state index in [0.717, 1.165) is 5.56 Å². The van der Waals surface area contributed by atoms with Gasteiger partial charge in [0.2, 0.25) is 5.91 Å². The van der Waals surface area contributed by atoms with Gasteiger partial charge in [0, 0.05) is 13.6 Å². The molecule has 0 spiro atoms. The number of amides is 1. The second-order valence-corrected chi connectivity index (χ2v) is 8.67. The van der Waals surface area contributed by atoms with Gasteiger partial charge in [-0.25, -0.2) is 0 Å². The van der Waals surface area contributed by atoms with Crippen LogP contribution in [0.2, 0.25) is 0 Å². The summed E-state index contributed by atoms with van der Waals surface area (Å²) in [5.41, 5.74) is 1.27. The summed E-state index contributed by atoms with van der Waals surface area (Å²) in [7, 11) is 1.75. The third-order valence-electron chi connectivity index (χ3n) is 6.30. The lowest BCUT2D eigenvalue weighted by Crippen LogP contribution is -2.39. The average Bonchev–Trinajstić information content (AvgIpc) is 2.90. The highest BCUT2D eigenvalue weighted by molar-refractivity contribution is 5.83. The number of fused-ring (bicyclic) bond motifs is 1. The smallest absolute Gasteiger partial charge is 0.307 e. The summed E-state index contributed by atoms with van der Waals surface area (Å²) in [5, 5.41) is 12.1. The number of rotatable bonds is 10. The molecule has 35 heavy (non-hydrogen) atoms. The Morgan fingerprint density at radius 1 is 0.800 bits per heavy atom. The highest BCUT2D eigenvalue weighted by Crippen LogP contribution is 2.37. The van der Waals surface area contributed by atoms with Gasteiger partial charge < -0.3 is 14.7 Å². The first-order chi connectivity index (χ1) is 17.0. The quantitative estimate of drug-likeness (QED) is 0.345. The zero-order chi connectivity index (χ0) is 24.7. The summed E-state index contributed by atoms with van der Waals surface area (Å²) in [6.45, 7) is 0.300. The van der Waals surface area contributed by atoms with Crippen LogP contribution in [0.25, 0.3) is 10.8 Å². The predicted octanol–water partition coefficient (Wildman–Crippen LogP) is 5.28. The number of likely N-dealkylation sites (N-methyl/N-ethyl adjacent to an activating group) is 1. The molecule has 0 bridgehead atoms. The molecule has 0 aliphatic carbocycles. The van der Waals surface area contributed by atoms with E-state index in [1.165, 1.54) is 10.8 Å². The summed E-state index contributed by atoms with van der Waals surface area (Å²) in [4.78, 5) is 26.6. The van der Waals surface area contributed by atoms with Crippen LogP contribution in [0.3, 0.4) is 0 Å². The van der Waals surface area contributed by atoms with Crippen LogP contribution in [0.1, 0.15) is 23.1 Å². The molecule has 5 heteroatoms. The lowest BCUT2D eigenvalue weighted by molar-refractivity contribution is -0.150. The highest BCUT2D eigenvalue weighted by Gasteiger charge is 2.38. The van der Waals surface area contributed by atoms with E-state index in [9.17, 15) is 14.7 Å². The third-order valence-corrected chi connectivity index (χ3v) is 6.30. The van der Waals surface area contributed by atoms with Crippen LogP contribution in [0.5, 0.6) is 0 Å². The maximum Gasteiger partial charge on any atom is 0.307 e. The lowest BCUT2D eigenvalue weighted by Gasteiger charge is -2.34. The SMILES string of the molecule is CN(CCc1ccc2ccccc2c1)C(=O)COC(CC(=O)O)(c1ccccc1)c1ccccc1. The number of hydrogen-bond acceptors (Lipinski definition) is 3. The molecule has 0 radical (unpaired) electrons. The number of nitrogens with zero attached hydrogens (tertiary/aromatic N) is 1. The van der Waals surface area contributed by atoms with Crippen LogP contribution in [0.15, 0.2) is 103 Å². The number of carboxylic acid groups (broad SMARTS) is 1. The van der Waals surface area contributed by atoms with Crippen molar-refractivity contribution in [2.45, 2.75) is 18.4 Å². The van der Waals surface area contributed by atoms with Crippen molar-refractivity contribution in [1.29, 1.82) is 0 Å².